The van der Waals surface area contributed by atoms with Crippen molar-refractivity contribution in [3.05, 3.63) is 15.5 Å². The van der Waals surface area contributed by atoms with Crippen LogP contribution in [-0.4, -0.2) is 25.4 Å². The first kappa shape index (κ1) is 11.2. The van der Waals surface area contributed by atoms with Gasteiger partial charge in [-0.3, -0.25) is 0 Å². The number of H-pyrrole nitrogens is 1. The van der Waals surface area contributed by atoms with Gasteiger partial charge in [-0.2, -0.15) is 15.4 Å². The quantitative estimate of drug-likeness (QED) is 0.830. The molecule has 0 unspecified atom stereocenters. The molecule has 0 aliphatic rings. The third-order valence-corrected chi connectivity index (χ3v) is 3.25. The van der Waals surface area contributed by atoms with E-state index in [2.05, 4.69) is 54.9 Å². The van der Waals surface area contributed by atoms with Crippen LogP contribution in [0.2, 0.25) is 0 Å². The second-order valence-corrected chi connectivity index (χ2v) is 4.38. The van der Waals surface area contributed by atoms with Gasteiger partial charge in [0, 0.05) is 0 Å². The minimum absolute atomic E-state index is 0.497. The summed E-state index contributed by atoms with van der Waals surface area (Å²) in [6, 6.07) is 0. The standard InChI is InChI=1S/C9H11IN6/c1-2-3-5-7(10)8(11)14-9(13-5)6-4-12-16-15-6/h4H,2-3H2,1H3,(H2,11,13,14)(H,12,15,16). The van der Waals surface area contributed by atoms with Gasteiger partial charge in [0.05, 0.1) is 15.5 Å². The van der Waals surface area contributed by atoms with E-state index in [0.717, 1.165) is 22.1 Å². The molecule has 2 aromatic heterocycles. The Labute approximate surface area is 106 Å². The van der Waals surface area contributed by atoms with Crippen molar-refractivity contribution in [3.63, 3.8) is 0 Å². The lowest BCUT2D eigenvalue weighted by molar-refractivity contribution is 0.866. The lowest BCUT2D eigenvalue weighted by Crippen LogP contribution is -2.05. The van der Waals surface area contributed by atoms with Crippen LogP contribution in [0.3, 0.4) is 0 Å². The highest BCUT2D eigenvalue weighted by molar-refractivity contribution is 14.1. The van der Waals surface area contributed by atoms with Crippen LogP contribution in [0.15, 0.2) is 6.20 Å². The maximum absolute atomic E-state index is 5.84. The summed E-state index contributed by atoms with van der Waals surface area (Å²) in [5.41, 5.74) is 7.42. The Balaban J connectivity index is 2.48. The number of halogens is 1. The van der Waals surface area contributed by atoms with E-state index in [1.807, 2.05) is 0 Å². The maximum atomic E-state index is 5.84. The zero-order valence-electron chi connectivity index (χ0n) is 8.74. The molecule has 0 spiro atoms. The Hall–Kier alpha value is -1.25. The first-order chi connectivity index (χ1) is 7.72. The summed E-state index contributed by atoms with van der Waals surface area (Å²) in [4.78, 5) is 8.64. The van der Waals surface area contributed by atoms with Gasteiger partial charge < -0.3 is 5.73 Å². The highest BCUT2D eigenvalue weighted by Gasteiger charge is 2.12. The molecule has 2 aromatic rings. The number of hydrogen-bond acceptors (Lipinski definition) is 5. The molecule has 0 amide bonds. The SMILES string of the molecule is CCCc1nc(-c2cn[nH]n2)nc(N)c1I. The summed E-state index contributed by atoms with van der Waals surface area (Å²) in [5.74, 6) is 1.02. The molecule has 0 saturated heterocycles. The number of nitrogen functional groups attached to an aromatic ring is 1. The van der Waals surface area contributed by atoms with Crippen molar-refractivity contribution < 1.29 is 0 Å². The molecule has 0 radical (unpaired) electrons. The molecular formula is C9H11IN6. The second-order valence-electron chi connectivity index (χ2n) is 3.30. The molecule has 16 heavy (non-hydrogen) atoms. The summed E-state index contributed by atoms with van der Waals surface area (Å²) in [6.07, 6.45) is 3.48. The first-order valence-corrected chi connectivity index (χ1v) is 5.98. The molecule has 84 valence electrons. The highest BCUT2D eigenvalue weighted by Crippen LogP contribution is 2.21. The number of anilines is 1. The molecule has 3 N–H and O–H groups in total. The van der Waals surface area contributed by atoms with Crippen LogP contribution in [0.5, 0.6) is 0 Å². The van der Waals surface area contributed by atoms with Crippen molar-refractivity contribution >= 4 is 28.4 Å². The zero-order chi connectivity index (χ0) is 11.5. The van der Waals surface area contributed by atoms with Gasteiger partial charge in [-0.05, 0) is 29.0 Å². The van der Waals surface area contributed by atoms with Crippen LogP contribution in [0.4, 0.5) is 5.82 Å². The van der Waals surface area contributed by atoms with Gasteiger partial charge in [-0.1, -0.05) is 13.3 Å². The van der Waals surface area contributed by atoms with Crippen molar-refractivity contribution in [1.29, 1.82) is 0 Å². The third kappa shape index (κ3) is 2.13. The molecule has 0 saturated carbocycles. The minimum atomic E-state index is 0.497. The summed E-state index contributed by atoms with van der Waals surface area (Å²) in [5, 5.41) is 10.2. The van der Waals surface area contributed by atoms with Crippen LogP contribution in [0.1, 0.15) is 19.0 Å². The molecule has 7 heteroatoms. The first-order valence-electron chi connectivity index (χ1n) is 4.90. The van der Waals surface area contributed by atoms with Gasteiger partial charge in [0.25, 0.3) is 0 Å². The number of nitrogens with zero attached hydrogens (tertiary/aromatic N) is 4. The smallest absolute Gasteiger partial charge is 0.184 e. The number of rotatable bonds is 3. The number of aryl methyl sites for hydroxylation is 1. The molecule has 0 atom stereocenters. The highest BCUT2D eigenvalue weighted by atomic mass is 127. The Morgan fingerprint density at radius 2 is 2.25 bits per heavy atom. The lowest BCUT2D eigenvalue weighted by atomic mass is 10.2. The Kier molecular flexibility index (Phi) is 3.32. The number of aromatic amines is 1. The number of hydrogen-bond donors (Lipinski definition) is 2. The fourth-order valence-corrected chi connectivity index (χ4v) is 1.85. The van der Waals surface area contributed by atoms with Crippen LogP contribution in [0, 0.1) is 3.57 Å². The van der Waals surface area contributed by atoms with Gasteiger partial charge in [-0.15, -0.1) is 0 Å². The van der Waals surface area contributed by atoms with Gasteiger partial charge in [0.1, 0.15) is 11.5 Å². The molecule has 6 nitrogen and oxygen atoms in total. The maximum Gasteiger partial charge on any atom is 0.184 e. The Morgan fingerprint density at radius 1 is 1.44 bits per heavy atom. The van der Waals surface area contributed by atoms with Gasteiger partial charge in [0.2, 0.25) is 0 Å². The summed E-state index contributed by atoms with van der Waals surface area (Å²) >= 11 is 2.17. The minimum Gasteiger partial charge on any atom is -0.383 e. The van der Waals surface area contributed by atoms with E-state index >= 15 is 0 Å². The Morgan fingerprint density at radius 3 is 2.88 bits per heavy atom. The van der Waals surface area contributed by atoms with Crippen molar-refractivity contribution in [2.24, 2.45) is 0 Å². The lowest BCUT2D eigenvalue weighted by Gasteiger charge is -2.06. The molecule has 0 aromatic carbocycles. The normalized spacial score (nSPS) is 10.6. The van der Waals surface area contributed by atoms with Crippen LogP contribution >= 0.6 is 22.6 Å². The fourth-order valence-electron chi connectivity index (χ4n) is 1.34. The second kappa shape index (κ2) is 4.73. The van der Waals surface area contributed by atoms with E-state index in [0.29, 0.717) is 17.3 Å². The third-order valence-electron chi connectivity index (χ3n) is 2.08. The van der Waals surface area contributed by atoms with E-state index in [1.54, 1.807) is 6.20 Å². The molecule has 0 aliphatic carbocycles. The van der Waals surface area contributed by atoms with Crippen molar-refractivity contribution in [1.82, 2.24) is 25.4 Å². The molecular weight excluding hydrogens is 319 g/mol. The number of aromatic nitrogens is 5. The topological polar surface area (TPSA) is 93.4 Å². The van der Waals surface area contributed by atoms with Crippen molar-refractivity contribution in [2.75, 3.05) is 5.73 Å². The monoisotopic (exact) mass is 330 g/mol. The van der Waals surface area contributed by atoms with E-state index < -0.39 is 0 Å². The number of nitrogens with two attached hydrogens (primary N) is 1. The van der Waals surface area contributed by atoms with E-state index in [9.17, 15) is 0 Å². The Bertz CT molecular complexity index is 481. The van der Waals surface area contributed by atoms with Gasteiger partial charge >= 0.3 is 0 Å². The van der Waals surface area contributed by atoms with Gasteiger partial charge in [0.15, 0.2) is 5.82 Å². The van der Waals surface area contributed by atoms with Gasteiger partial charge in [-0.25, -0.2) is 9.97 Å². The van der Waals surface area contributed by atoms with E-state index in [4.69, 9.17) is 5.73 Å². The average molecular weight is 330 g/mol. The van der Waals surface area contributed by atoms with Crippen LogP contribution < -0.4 is 5.73 Å². The molecule has 0 aliphatic heterocycles. The fraction of sp³-hybridized carbons (Fsp3) is 0.333. The van der Waals surface area contributed by atoms with E-state index in [1.165, 1.54) is 0 Å². The number of nitrogens with one attached hydrogen (secondary N) is 1. The predicted octanol–water partition coefficient (Wildman–Crippen LogP) is 1.40. The molecule has 0 fully saturated rings. The average Bonchev–Trinajstić information content (AvgIpc) is 2.78. The molecule has 2 heterocycles. The summed E-state index contributed by atoms with van der Waals surface area (Å²) < 4.78 is 0.923. The van der Waals surface area contributed by atoms with Crippen molar-refractivity contribution in [3.8, 4) is 11.5 Å². The van der Waals surface area contributed by atoms with Crippen molar-refractivity contribution in [2.45, 2.75) is 19.8 Å². The zero-order valence-corrected chi connectivity index (χ0v) is 10.9. The van der Waals surface area contributed by atoms with Crippen LogP contribution in [-0.2, 0) is 6.42 Å². The van der Waals surface area contributed by atoms with Crippen LogP contribution in [0.25, 0.3) is 11.5 Å². The molecule has 0 bridgehead atoms. The predicted molar refractivity (Wildman–Crippen MR) is 68.5 cm³/mol. The summed E-state index contributed by atoms with van der Waals surface area (Å²) in [7, 11) is 0. The van der Waals surface area contributed by atoms with E-state index in [-0.39, 0.29) is 0 Å². The molecule has 2 rings (SSSR count). The largest absolute Gasteiger partial charge is 0.383 e. The summed E-state index contributed by atoms with van der Waals surface area (Å²) in [6.45, 7) is 2.10.